The molecule has 1 aromatic heterocycles. The van der Waals surface area contributed by atoms with Crippen LogP contribution in [0, 0.1) is 6.92 Å². The molecular weight excluding hydrogens is 318 g/mol. The van der Waals surface area contributed by atoms with Crippen LogP contribution in [0.15, 0.2) is 58.5 Å². The number of hydrogen-bond donors (Lipinski definition) is 1. The van der Waals surface area contributed by atoms with Crippen LogP contribution in [0.4, 0.5) is 0 Å². The minimum atomic E-state index is -3.66. The van der Waals surface area contributed by atoms with Gasteiger partial charge in [-0.3, -0.25) is 0 Å². The third-order valence-corrected chi connectivity index (χ3v) is 5.60. The highest BCUT2D eigenvalue weighted by atomic mass is 32.2. The Morgan fingerprint density at radius 3 is 2.64 bits per heavy atom. The second-order valence-electron chi connectivity index (χ2n) is 4.93. The van der Waals surface area contributed by atoms with Crippen molar-refractivity contribution in [1.29, 1.82) is 0 Å². The molecule has 3 rings (SSSR count). The predicted octanol–water partition coefficient (Wildman–Crippen LogP) is 2.34. The zero-order valence-electron chi connectivity index (χ0n) is 12.1. The van der Waals surface area contributed by atoms with Crippen molar-refractivity contribution in [3.63, 3.8) is 0 Å². The molecule has 22 heavy (non-hydrogen) atoms. The summed E-state index contributed by atoms with van der Waals surface area (Å²) in [6.07, 6.45) is 0. The van der Waals surface area contributed by atoms with E-state index in [1.807, 2.05) is 48.9 Å². The van der Waals surface area contributed by atoms with E-state index in [0.29, 0.717) is 4.80 Å². The first-order valence-corrected chi connectivity index (χ1v) is 8.94. The third kappa shape index (κ3) is 2.77. The van der Waals surface area contributed by atoms with Crippen LogP contribution in [0.2, 0.25) is 0 Å². The van der Waals surface area contributed by atoms with Crippen LogP contribution < -0.4 is 9.63 Å². The summed E-state index contributed by atoms with van der Waals surface area (Å²) in [4.78, 5) is 3.11. The van der Waals surface area contributed by atoms with Gasteiger partial charge in [-0.05, 0) is 36.8 Å². The van der Waals surface area contributed by atoms with E-state index in [1.165, 1.54) is 11.3 Å². The van der Waals surface area contributed by atoms with Gasteiger partial charge in [0.25, 0.3) is 10.0 Å². The maximum atomic E-state index is 12.3. The standard InChI is InChI=1S/C15H15N3O2S2/c1-11-6-5-7-12(10-11)22(19,20)17-16-15-18(2)13-8-3-4-9-14(13)21-15/h3-10,17H,1-2H3. The summed E-state index contributed by atoms with van der Waals surface area (Å²) in [5, 5.41) is 4.06. The van der Waals surface area contributed by atoms with Gasteiger partial charge in [-0.2, -0.15) is 13.2 Å². The number of benzene rings is 2. The first kappa shape index (κ1) is 14.8. The van der Waals surface area contributed by atoms with E-state index in [2.05, 4.69) is 9.93 Å². The molecule has 0 unspecified atom stereocenters. The smallest absolute Gasteiger partial charge is 0.276 e. The van der Waals surface area contributed by atoms with Crippen molar-refractivity contribution in [2.45, 2.75) is 11.8 Å². The van der Waals surface area contributed by atoms with Gasteiger partial charge in [0.1, 0.15) is 0 Å². The Kier molecular flexibility index (Phi) is 3.76. The minimum Gasteiger partial charge on any atom is -0.318 e. The van der Waals surface area contributed by atoms with Crippen LogP contribution in [0.25, 0.3) is 10.2 Å². The highest BCUT2D eigenvalue weighted by Gasteiger charge is 2.13. The Bertz CT molecular complexity index is 1000. The molecule has 0 bridgehead atoms. The quantitative estimate of drug-likeness (QED) is 0.748. The van der Waals surface area contributed by atoms with Crippen molar-refractivity contribution >= 4 is 31.6 Å². The number of rotatable bonds is 3. The summed E-state index contributed by atoms with van der Waals surface area (Å²) in [6, 6.07) is 14.6. The number of thiazole rings is 1. The lowest BCUT2D eigenvalue weighted by atomic mass is 10.2. The van der Waals surface area contributed by atoms with Gasteiger partial charge in [-0.1, -0.05) is 35.6 Å². The summed E-state index contributed by atoms with van der Waals surface area (Å²) >= 11 is 1.43. The van der Waals surface area contributed by atoms with E-state index in [4.69, 9.17) is 0 Å². The Balaban J connectivity index is 2.00. The maximum Gasteiger partial charge on any atom is 0.276 e. The lowest BCUT2D eigenvalue weighted by Gasteiger charge is -2.03. The van der Waals surface area contributed by atoms with Crippen LogP contribution in [-0.4, -0.2) is 13.0 Å². The van der Waals surface area contributed by atoms with E-state index in [-0.39, 0.29) is 4.90 Å². The normalized spacial score (nSPS) is 12.7. The fourth-order valence-electron chi connectivity index (χ4n) is 2.12. The topological polar surface area (TPSA) is 63.5 Å². The second-order valence-corrected chi connectivity index (χ2v) is 7.60. The molecule has 0 aliphatic heterocycles. The summed E-state index contributed by atoms with van der Waals surface area (Å²) in [6.45, 7) is 1.85. The first-order valence-electron chi connectivity index (χ1n) is 6.64. The number of nitrogens with one attached hydrogen (secondary N) is 1. The van der Waals surface area contributed by atoms with Crippen molar-refractivity contribution in [2.24, 2.45) is 12.1 Å². The second kappa shape index (κ2) is 5.58. The molecule has 0 aliphatic carbocycles. The summed E-state index contributed by atoms with van der Waals surface area (Å²) in [5.74, 6) is 0. The highest BCUT2D eigenvalue weighted by molar-refractivity contribution is 7.89. The van der Waals surface area contributed by atoms with E-state index >= 15 is 0 Å². The highest BCUT2D eigenvalue weighted by Crippen LogP contribution is 2.15. The predicted molar refractivity (Wildman–Crippen MR) is 87.9 cm³/mol. The lowest BCUT2D eigenvalue weighted by Crippen LogP contribution is -2.23. The molecule has 1 heterocycles. The number of aryl methyl sites for hydroxylation is 2. The molecule has 0 fully saturated rings. The monoisotopic (exact) mass is 333 g/mol. The van der Waals surface area contributed by atoms with Gasteiger partial charge >= 0.3 is 0 Å². The molecule has 0 atom stereocenters. The van der Waals surface area contributed by atoms with Crippen LogP contribution >= 0.6 is 11.3 Å². The molecule has 2 aromatic carbocycles. The molecule has 3 aromatic rings. The summed E-state index contributed by atoms with van der Waals surface area (Å²) < 4.78 is 27.5. The molecule has 1 N–H and O–H groups in total. The van der Waals surface area contributed by atoms with E-state index in [1.54, 1.807) is 18.2 Å². The molecule has 0 radical (unpaired) electrons. The lowest BCUT2D eigenvalue weighted by molar-refractivity contribution is 0.582. The van der Waals surface area contributed by atoms with Gasteiger partial charge < -0.3 is 4.57 Å². The Morgan fingerprint density at radius 2 is 1.91 bits per heavy atom. The maximum absolute atomic E-state index is 12.3. The summed E-state index contributed by atoms with van der Waals surface area (Å²) in [5.41, 5.74) is 1.90. The number of fused-ring (bicyclic) bond motifs is 1. The zero-order chi connectivity index (χ0) is 15.7. The average molecular weight is 333 g/mol. The zero-order valence-corrected chi connectivity index (χ0v) is 13.8. The molecule has 0 spiro atoms. The van der Waals surface area contributed by atoms with Gasteiger partial charge in [-0.15, -0.1) is 5.10 Å². The fourth-order valence-corrected chi connectivity index (χ4v) is 4.07. The summed E-state index contributed by atoms with van der Waals surface area (Å²) in [7, 11) is -1.80. The van der Waals surface area contributed by atoms with Crippen molar-refractivity contribution < 1.29 is 8.42 Å². The molecule has 114 valence electrons. The molecule has 5 nitrogen and oxygen atoms in total. The van der Waals surface area contributed by atoms with Gasteiger partial charge in [0.2, 0.25) is 4.80 Å². The number of sulfonamides is 1. The Labute approximate surface area is 132 Å². The average Bonchev–Trinajstić information content (AvgIpc) is 2.82. The number of para-hydroxylation sites is 1. The van der Waals surface area contributed by atoms with Crippen LogP contribution in [0.3, 0.4) is 0 Å². The molecule has 0 aliphatic rings. The van der Waals surface area contributed by atoms with Crippen molar-refractivity contribution in [1.82, 2.24) is 9.40 Å². The molecule has 7 heteroatoms. The number of nitrogens with zero attached hydrogens (tertiary/aromatic N) is 2. The SMILES string of the molecule is Cc1cccc(S(=O)(=O)NN=c2sc3ccccc3n2C)c1. The molecular formula is C15H15N3O2S2. The van der Waals surface area contributed by atoms with Crippen LogP contribution in [-0.2, 0) is 17.1 Å². The molecule has 0 saturated carbocycles. The third-order valence-electron chi connectivity index (χ3n) is 3.28. The Hall–Kier alpha value is -2.12. The Morgan fingerprint density at radius 1 is 1.14 bits per heavy atom. The van der Waals surface area contributed by atoms with Crippen LogP contribution in [0.1, 0.15) is 5.56 Å². The van der Waals surface area contributed by atoms with E-state index in [0.717, 1.165) is 15.8 Å². The minimum absolute atomic E-state index is 0.208. The molecule has 0 saturated heterocycles. The van der Waals surface area contributed by atoms with Gasteiger partial charge in [0.15, 0.2) is 0 Å². The van der Waals surface area contributed by atoms with E-state index < -0.39 is 10.0 Å². The molecule has 0 amide bonds. The van der Waals surface area contributed by atoms with Crippen molar-refractivity contribution in [2.75, 3.05) is 0 Å². The largest absolute Gasteiger partial charge is 0.318 e. The van der Waals surface area contributed by atoms with Gasteiger partial charge in [0.05, 0.1) is 15.1 Å². The van der Waals surface area contributed by atoms with Crippen LogP contribution in [0.5, 0.6) is 0 Å². The van der Waals surface area contributed by atoms with E-state index in [9.17, 15) is 8.42 Å². The van der Waals surface area contributed by atoms with Gasteiger partial charge in [-0.25, -0.2) is 0 Å². The van der Waals surface area contributed by atoms with Crippen molar-refractivity contribution in [3.05, 3.63) is 58.9 Å². The number of aromatic nitrogens is 1. The van der Waals surface area contributed by atoms with Crippen molar-refractivity contribution in [3.8, 4) is 0 Å². The fraction of sp³-hybridized carbons (Fsp3) is 0.133. The first-order chi connectivity index (χ1) is 10.5. The number of hydrogen-bond acceptors (Lipinski definition) is 4. The van der Waals surface area contributed by atoms with Gasteiger partial charge in [0, 0.05) is 7.05 Å².